The molecule has 0 spiro atoms. The molecule has 1 heterocycles. The molecular formula is C19H19N3S. The van der Waals surface area contributed by atoms with Crippen molar-refractivity contribution >= 4 is 12.2 Å². The lowest BCUT2D eigenvalue weighted by Gasteiger charge is -2.08. The van der Waals surface area contributed by atoms with Crippen LogP contribution >= 0.6 is 12.2 Å². The van der Waals surface area contributed by atoms with E-state index in [1.165, 1.54) is 16.7 Å². The lowest BCUT2D eigenvalue weighted by atomic mass is 10.1. The Morgan fingerprint density at radius 3 is 2.57 bits per heavy atom. The lowest BCUT2D eigenvalue weighted by Crippen LogP contribution is -2.01. The summed E-state index contributed by atoms with van der Waals surface area (Å²) in [5.74, 6) is 2.03. The largest absolute Gasteiger partial charge is 0.272 e. The molecule has 1 aromatic heterocycles. The van der Waals surface area contributed by atoms with Crippen molar-refractivity contribution in [2.45, 2.75) is 32.1 Å². The maximum Gasteiger partial charge on any atom is 0.199 e. The van der Waals surface area contributed by atoms with E-state index < -0.39 is 0 Å². The Morgan fingerprint density at radius 2 is 1.83 bits per heavy atom. The number of nitrogens with one attached hydrogen (secondary N) is 1. The number of aryl methyl sites for hydroxylation is 2. The highest BCUT2D eigenvalue weighted by atomic mass is 32.1. The summed E-state index contributed by atoms with van der Waals surface area (Å²) in [5.41, 5.74) is 5.01. The zero-order chi connectivity index (χ0) is 16.0. The molecule has 4 rings (SSSR count). The molecule has 23 heavy (non-hydrogen) atoms. The van der Waals surface area contributed by atoms with Gasteiger partial charge in [0.1, 0.15) is 5.82 Å². The number of aromatic amines is 1. The molecule has 1 fully saturated rings. The minimum Gasteiger partial charge on any atom is -0.272 e. The van der Waals surface area contributed by atoms with Crippen LogP contribution in [0.15, 0.2) is 48.5 Å². The van der Waals surface area contributed by atoms with E-state index in [0.29, 0.717) is 16.6 Å². The van der Waals surface area contributed by atoms with Crippen molar-refractivity contribution < 1.29 is 0 Å². The van der Waals surface area contributed by atoms with Crippen molar-refractivity contribution in [3.63, 3.8) is 0 Å². The van der Waals surface area contributed by atoms with Crippen LogP contribution in [0.5, 0.6) is 0 Å². The van der Waals surface area contributed by atoms with Crippen molar-refractivity contribution in [1.29, 1.82) is 0 Å². The number of rotatable bonds is 3. The van der Waals surface area contributed by atoms with Gasteiger partial charge in [0.2, 0.25) is 0 Å². The Labute approximate surface area is 141 Å². The van der Waals surface area contributed by atoms with E-state index in [-0.39, 0.29) is 0 Å². The summed E-state index contributed by atoms with van der Waals surface area (Å²) in [4.78, 5) is 0. The fraction of sp³-hybridized carbons (Fsp3) is 0.263. The smallest absolute Gasteiger partial charge is 0.199 e. The Hall–Kier alpha value is -2.20. The van der Waals surface area contributed by atoms with Gasteiger partial charge in [-0.05, 0) is 61.7 Å². The van der Waals surface area contributed by atoms with Crippen LogP contribution in [0, 0.1) is 18.6 Å². The third kappa shape index (κ3) is 2.63. The fourth-order valence-electron chi connectivity index (χ4n) is 3.24. The van der Waals surface area contributed by atoms with Crippen LogP contribution in [-0.4, -0.2) is 14.8 Å². The lowest BCUT2D eigenvalue weighted by molar-refractivity contribution is 0.845. The van der Waals surface area contributed by atoms with Gasteiger partial charge in [-0.1, -0.05) is 42.0 Å². The molecule has 4 heteroatoms. The molecule has 1 aliphatic rings. The van der Waals surface area contributed by atoms with Gasteiger partial charge in [-0.15, -0.1) is 0 Å². The first-order valence-corrected chi connectivity index (χ1v) is 8.35. The van der Waals surface area contributed by atoms with E-state index >= 15 is 0 Å². The minimum absolute atomic E-state index is 0.436. The van der Waals surface area contributed by atoms with Crippen molar-refractivity contribution in [3.05, 3.63) is 75.8 Å². The molecule has 1 N–H and O–H groups in total. The second-order valence-electron chi connectivity index (χ2n) is 6.42. The SMILES string of the molecule is Cc1ccc([C@H]2C[C@H]2c2n[nH]c(=S)n2-c2cccc(C)c2)cc1. The summed E-state index contributed by atoms with van der Waals surface area (Å²) in [6.07, 6.45) is 1.13. The van der Waals surface area contributed by atoms with Crippen molar-refractivity contribution in [3.8, 4) is 5.69 Å². The normalized spacial score (nSPS) is 19.7. The highest BCUT2D eigenvalue weighted by molar-refractivity contribution is 7.71. The molecule has 0 radical (unpaired) electrons. The first-order valence-electron chi connectivity index (χ1n) is 7.94. The third-order valence-corrected chi connectivity index (χ3v) is 4.86. The second kappa shape index (κ2) is 5.46. The zero-order valence-corrected chi connectivity index (χ0v) is 14.1. The van der Waals surface area contributed by atoms with Crippen LogP contribution < -0.4 is 0 Å². The van der Waals surface area contributed by atoms with E-state index in [1.807, 2.05) is 0 Å². The number of aromatic nitrogens is 3. The molecule has 0 unspecified atom stereocenters. The molecule has 0 aliphatic heterocycles. The predicted octanol–water partition coefficient (Wildman–Crippen LogP) is 4.82. The van der Waals surface area contributed by atoms with Gasteiger partial charge in [0, 0.05) is 11.6 Å². The number of hydrogen-bond acceptors (Lipinski definition) is 2. The summed E-state index contributed by atoms with van der Waals surface area (Å²) in [6.45, 7) is 4.22. The number of benzene rings is 2. The average molecular weight is 321 g/mol. The van der Waals surface area contributed by atoms with Crippen LogP contribution in [0.1, 0.15) is 40.8 Å². The molecule has 116 valence electrons. The molecule has 0 amide bonds. The molecular weight excluding hydrogens is 302 g/mol. The maximum atomic E-state index is 5.46. The van der Waals surface area contributed by atoms with Crippen molar-refractivity contribution in [1.82, 2.24) is 14.8 Å². The first kappa shape index (κ1) is 14.4. The minimum atomic E-state index is 0.436. The summed E-state index contributed by atoms with van der Waals surface area (Å²) in [6, 6.07) is 17.2. The Balaban J connectivity index is 1.69. The van der Waals surface area contributed by atoms with Gasteiger partial charge in [0.25, 0.3) is 0 Å². The standard InChI is InChI=1S/C19H19N3S/c1-12-6-8-14(9-7-12)16-11-17(16)18-20-21-19(23)22(18)15-5-3-4-13(2)10-15/h3-10,16-17H,11H2,1-2H3,(H,21,23)/t16-,17-/m1/s1. The average Bonchev–Trinajstić information content (AvgIpc) is 3.23. The highest BCUT2D eigenvalue weighted by Gasteiger charge is 2.43. The Morgan fingerprint density at radius 1 is 1.04 bits per heavy atom. The highest BCUT2D eigenvalue weighted by Crippen LogP contribution is 2.54. The fourth-order valence-corrected chi connectivity index (χ4v) is 3.48. The third-order valence-electron chi connectivity index (χ3n) is 4.59. The molecule has 1 saturated carbocycles. The molecule has 0 saturated heterocycles. The van der Waals surface area contributed by atoms with Gasteiger partial charge in [-0.2, -0.15) is 5.10 Å². The summed E-state index contributed by atoms with van der Waals surface area (Å²) >= 11 is 5.46. The van der Waals surface area contributed by atoms with Gasteiger partial charge in [-0.3, -0.25) is 9.67 Å². The number of nitrogens with zero attached hydrogens (tertiary/aromatic N) is 2. The molecule has 3 nitrogen and oxygen atoms in total. The predicted molar refractivity (Wildman–Crippen MR) is 94.8 cm³/mol. The van der Waals surface area contributed by atoms with Crippen LogP contribution in [0.4, 0.5) is 0 Å². The second-order valence-corrected chi connectivity index (χ2v) is 6.81. The van der Waals surface area contributed by atoms with Crippen LogP contribution in [0.3, 0.4) is 0 Å². The van der Waals surface area contributed by atoms with Crippen LogP contribution in [0.2, 0.25) is 0 Å². The van der Waals surface area contributed by atoms with Gasteiger partial charge < -0.3 is 0 Å². The maximum absolute atomic E-state index is 5.46. The molecule has 1 aliphatic carbocycles. The van der Waals surface area contributed by atoms with Gasteiger partial charge in [0.05, 0.1) is 0 Å². The molecule has 2 atom stereocenters. The molecule has 3 aromatic rings. The van der Waals surface area contributed by atoms with Gasteiger partial charge >= 0.3 is 0 Å². The summed E-state index contributed by atoms with van der Waals surface area (Å²) in [5, 5.41) is 7.50. The molecule has 0 bridgehead atoms. The van der Waals surface area contributed by atoms with Crippen molar-refractivity contribution in [2.24, 2.45) is 0 Å². The van der Waals surface area contributed by atoms with Gasteiger partial charge in [-0.25, -0.2) is 0 Å². The summed E-state index contributed by atoms with van der Waals surface area (Å²) in [7, 11) is 0. The van der Waals surface area contributed by atoms with Crippen molar-refractivity contribution in [2.75, 3.05) is 0 Å². The first-order chi connectivity index (χ1) is 11.1. The zero-order valence-electron chi connectivity index (χ0n) is 13.3. The Kier molecular flexibility index (Phi) is 3.42. The van der Waals surface area contributed by atoms with Crippen LogP contribution in [-0.2, 0) is 0 Å². The van der Waals surface area contributed by atoms with E-state index in [9.17, 15) is 0 Å². The van der Waals surface area contributed by atoms with Gasteiger partial charge in [0.15, 0.2) is 4.77 Å². The quantitative estimate of drug-likeness (QED) is 0.702. The van der Waals surface area contributed by atoms with E-state index in [2.05, 4.69) is 77.1 Å². The van der Waals surface area contributed by atoms with E-state index in [4.69, 9.17) is 12.2 Å². The molecule has 2 aromatic carbocycles. The Bertz CT molecular complexity index is 905. The van der Waals surface area contributed by atoms with Crippen LogP contribution in [0.25, 0.3) is 5.69 Å². The van der Waals surface area contributed by atoms with E-state index in [1.54, 1.807) is 0 Å². The summed E-state index contributed by atoms with van der Waals surface area (Å²) < 4.78 is 2.75. The topological polar surface area (TPSA) is 33.6 Å². The number of hydrogen-bond donors (Lipinski definition) is 1. The monoisotopic (exact) mass is 321 g/mol. The van der Waals surface area contributed by atoms with E-state index in [0.717, 1.165) is 17.9 Å². The number of H-pyrrole nitrogens is 1.